The van der Waals surface area contributed by atoms with Gasteiger partial charge in [-0.25, -0.2) is 0 Å². The normalized spacial score (nSPS) is 12.9. The average Bonchev–Trinajstić information content (AvgIpc) is 2.14. The van der Waals surface area contributed by atoms with Crippen LogP contribution in [-0.4, -0.2) is 6.04 Å². The lowest BCUT2D eigenvalue weighted by Crippen LogP contribution is -2.24. The molecule has 78 valence electrons. The van der Waals surface area contributed by atoms with E-state index < -0.39 is 0 Å². The van der Waals surface area contributed by atoms with Gasteiger partial charge in [-0.1, -0.05) is 32.9 Å². The minimum Gasteiger partial charge on any atom is -0.382 e. The standard InChI is InChI=1S/C13H21N/c1-5-13(10(2)3)14-12-8-6-7-11(4)9-12/h6-10,13-14H,5H2,1-4H3. The lowest BCUT2D eigenvalue weighted by atomic mass is 10.0. The van der Waals surface area contributed by atoms with Crippen LogP contribution in [0.15, 0.2) is 24.3 Å². The lowest BCUT2D eigenvalue weighted by Gasteiger charge is -2.22. The SMILES string of the molecule is CCC(Nc1cccc(C)c1)C(C)C. The summed E-state index contributed by atoms with van der Waals surface area (Å²) in [6.07, 6.45) is 1.17. The molecule has 1 atom stereocenters. The van der Waals surface area contributed by atoms with Gasteiger partial charge in [0.05, 0.1) is 0 Å². The van der Waals surface area contributed by atoms with Crippen LogP contribution >= 0.6 is 0 Å². The highest BCUT2D eigenvalue weighted by Gasteiger charge is 2.09. The summed E-state index contributed by atoms with van der Waals surface area (Å²) >= 11 is 0. The van der Waals surface area contributed by atoms with Crippen LogP contribution in [0.4, 0.5) is 5.69 Å². The van der Waals surface area contributed by atoms with Crippen molar-refractivity contribution in [2.75, 3.05) is 5.32 Å². The molecule has 1 aromatic carbocycles. The van der Waals surface area contributed by atoms with Crippen molar-refractivity contribution < 1.29 is 0 Å². The molecule has 1 nitrogen and oxygen atoms in total. The minimum atomic E-state index is 0.580. The summed E-state index contributed by atoms with van der Waals surface area (Å²) in [6.45, 7) is 8.88. The molecule has 1 aromatic rings. The predicted octanol–water partition coefficient (Wildman–Crippen LogP) is 3.84. The van der Waals surface area contributed by atoms with Crippen molar-refractivity contribution >= 4 is 5.69 Å². The van der Waals surface area contributed by atoms with Gasteiger partial charge in [0.1, 0.15) is 0 Å². The molecule has 0 radical (unpaired) electrons. The molecule has 1 rings (SSSR count). The Morgan fingerprint density at radius 2 is 2.00 bits per heavy atom. The zero-order valence-corrected chi connectivity index (χ0v) is 9.67. The molecule has 0 spiro atoms. The molecular weight excluding hydrogens is 170 g/mol. The zero-order valence-electron chi connectivity index (χ0n) is 9.67. The maximum Gasteiger partial charge on any atom is 0.0345 e. The molecule has 1 heteroatoms. The van der Waals surface area contributed by atoms with E-state index in [0.29, 0.717) is 12.0 Å². The molecule has 0 aliphatic carbocycles. The third kappa shape index (κ3) is 3.06. The number of hydrogen-bond donors (Lipinski definition) is 1. The Hall–Kier alpha value is -0.980. The Balaban J connectivity index is 2.67. The average molecular weight is 191 g/mol. The second-order valence-corrected chi connectivity index (χ2v) is 4.27. The molecule has 1 N–H and O–H groups in total. The fourth-order valence-electron chi connectivity index (χ4n) is 1.69. The predicted molar refractivity (Wildman–Crippen MR) is 63.7 cm³/mol. The van der Waals surface area contributed by atoms with Gasteiger partial charge in [-0.2, -0.15) is 0 Å². The van der Waals surface area contributed by atoms with Gasteiger partial charge in [0, 0.05) is 11.7 Å². The first-order valence-corrected chi connectivity index (χ1v) is 5.46. The Morgan fingerprint density at radius 1 is 1.29 bits per heavy atom. The van der Waals surface area contributed by atoms with Crippen LogP contribution in [0.3, 0.4) is 0 Å². The highest BCUT2D eigenvalue weighted by molar-refractivity contribution is 5.46. The van der Waals surface area contributed by atoms with E-state index in [9.17, 15) is 0 Å². The minimum absolute atomic E-state index is 0.580. The summed E-state index contributed by atoms with van der Waals surface area (Å²) < 4.78 is 0. The molecule has 0 fully saturated rings. The first-order chi connectivity index (χ1) is 6.63. The molecule has 0 aliphatic heterocycles. The fourth-order valence-corrected chi connectivity index (χ4v) is 1.69. The molecular formula is C13H21N. The first-order valence-electron chi connectivity index (χ1n) is 5.46. The number of anilines is 1. The number of nitrogens with one attached hydrogen (secondary N) is 1. The van der Waals surface area contributed by atoms with Crippen molar-refractivity contribution in [2.45, 2.75) is 40.2 Å². The van der Waals surface area contributed by atoms with E-state index in [2.05, 4.69) is 57.3 Å². The summed E-state index contributed by atoms with van der Waals surface area (Å²) in [5, 5.41) is 3.57. The third-order valence-corrected chi connectivity index (χ3v) is 2.61. The second-order valence-electron chi connectivity index (χ2n) is 4.27. The molecule has 0 aromatic heterocycles. The first kappa shape index (κ1) is 11.1. The molecule has 0 saturated carbocycles. The maximum absolute atomic E-state index is 3.57. The van der Waals surface area contributed by atoms with Crippen LogP contribution in [0.1, 0.15) is 32.8 Å². The highest BCUT2D eigenvalue weighted by atomic mass is 14.9. The summed E-state index contributed by atoms with van der Waals surface area (Å²) in [6, 6.07) is 9.15. The van der Waals surface area contributed by atoms with Crippen LogP contribution in [0.2, 0.25) is 0 Å². The summed E-state index contributed by atoms with van der Waals surface area (Å²) in [4.78, 5) is 0. The number of rotatable bonds is 4. The Kier molecular flexibility index (Phi) is 3.99. The van der Waals surface area contributed by atoms with Crippen LogP contribution in [-0.2, 0) is 0 Å². The molecule has 0 heterocycles. The lowest BCUT2D eigenvalue weighted by molar-refractivity contribution is 0.511. The highest BCUT2D eigenvalue weighted by Crippen LogP contribution is 2.15. The monoisotopic (exact) mass is 191 g/mol. The van der Waals surface area contributed by atoms with Gasteiger partial charge in [0.15, 0.2) is 0 Å². The van der Waals surface area contributed by atoms with Crippen molar-refractivity contribution in [1.29, 1.82) is 0 Å². The fraction of sp³-hybridized carbons (Fsp3) is 0.538. The van der Waals surface area contributed by atoms with Gasteiger partial charge in [-0.05, 0) is 37.0 Å². The molecule has 0 amide bonds. The topological polar surface area (TPSA) is 12.0 Å². The Labute approximate surface area is 87.5 Å². The van der Waals surface area contributed by atoms with E-state index in [1.807, 2.05) is 0 Å². The van der Waals surface area contributed by atoms with E-state index in [1.165, 1.54) is 17.7 Å². The number of aryl methyl sites for hydroxylation is 1. The van der Waals surface area contributed by atoms with Gasteiger partial charge < -0.3 is 5.32 Å². The van der Waals surface area contributed by atoms with Crippen molar-refractivity contribution in [3.05, 3.63) is 29.8 Å². The van der Waals surface area contributed by atoms with Gasteiger partial charge in [0.2, 0.25) is 0 Å². The number of hydrogen-bond acceptors (Lipinski definition) is 1. The smallest absolute Gasteiger partial charge is 0.0345 e. The van der Waals surface area contributed by atoms with E-state index >= 15 is 0 Å². The third-order valence-electron chi connectivity index (χ3n) is 2.61. The number of benzene rings is 1. The summed E-state index contributed by atoms with van der Waals surface area (Å²) in [5.74, 6) is 0.681. The Bertz CT molecular complexity index is 278. The van der Waals surface area contributed by atoms with E-state index in [4.69, 9.17) is 0 Å². The van der Waals surface area contributed by atoms with E-state index in [0.717, 1.165) is 0 Å². The molecule has 0 bridgehead atoms. The van der Waals surface area contributed by atoms with Crippen molar-refractivity contribution in [2.24, 2.45) is 5.92 Å². The van der Waals surface area contributed by atoms with Gasteiger partial charge in [-0.3, -0.25) is 0 Å². The summed E-state index contributed by atoms with van der Waals surface area (Å²) in [7, 11) is 0. The largest absolute Gasteiger partial charge is 0.382 e. The zero-order chi connectivity index (χ0) is 10.6. The van der Waals surface area contributed by atoms with Gasteiger partial charge >= 0.3 is 0 Å². The van der Waals surface area contributed by atoms with Crippen LogP contribution in [0, 0.1) is 12.8 Å². The van der Waals surface area contributed by atoms with E-state index in [-0.39, 0.29) is 0 Å². The van der Waals surface area contributed by atoms with Crippen LogP contribution in [0.5, 0.6) is 0 Å². The second kappa shape index (κ2) is 5.04. The Morgan fingerprint density at radius 3 is 2.50 bits per heavy atom. The molecule has 0 saturated heterocycles. The van der Waals surface area contributed by atoms with Crippen molar-refractivity contribution in [1.82, 2.24) is 0 Å². The molecule has 1 unspecified atom stereocenters. The van der Waals surface area contributed by atoms with Crippen LogP contribution in [0.25, 0.3) is 0 Å². The van der Waals surface area contributed by atoms with Gasteiger partial charge in [0.25, 0.3) is 0 Å². The quantitative estimate of drug-likeness (QED) is 0.762. The van der Waals surface area contributed by atoms with Crippen molar-refractivity contribution in [3.8, 4) is 0 Å². The molecule has 14 heavy (non-hydrogen) atoms. The maximum atomic E-state index is 3.57. The van der Waals surface area contributed by atoms with Gasteiger partial charge in [-0.15, -0.1) is 0 Å². The molecule has 0 aliphatic rings. The van der Waals surface area contributed by atoms with Crippen LogP contribution < -0.4 is 5.32 Å². The summed E-state index contributed by atoms with van der Waals surface area (Å²) in [5.41, 5.74) is 2.55. The van der Waals surface area contributed by atoms with Crippen molar-refractivity contribution in [3.63, 3.8) is 0 Å². The van der Waals surface area contributed by atoms with E-state index in [1.54, 1.807) is 0 Å².